The summed E-state index contributed by atoms with van der Waals surface area (Å²) < 4.78 is 0. The molecule has 0 saturated heterocycles. The van der Waals surface area contributed by atoms with Gasteiger partial charge in [0.05, 0.1) is 12.0 Å². The lowest BCUT2D eigenvalue weighted by atomic mass is 10.1. The van der Waals surface area contributed by atoms with Crippen molar-refractivity contribution in [1.29, 1.82) is 0 Å². The molecule has 13 heavy (non-hydrogen) atoms. The number of rotatable bonds is 4. The molecule has 4 nitrogen and oxygen atoms in total. The quantitative estimate of drug-likeness (QED) is 0.698. The first-order valence-electron chi connectivity index (χ1n) is 4.11. The van der Waals surface area contributed by atoms with Gasteiger partial charge in [0.25, 0.3) is 0 Å². The lowest BCUT2D eigenvalue weighted by molar-refractivity contribution is -0.497. The van der Waals surface area contributed by atoms with Crippen molar-refractivity contribution in [3.63, 3.8) is 0 Å². The minimum atomic E-state index is -0.284. The molecule has 0 saturated carbocycles. The first-order chi connectivity index (χ1) is 6.22. The van der Waals surface area contributed by atoms with E-state index in [0.717, 1.165) is 12.0 Å². The van der Waals surface area contributed by atoms with Crippen LogP contribution in [0.4, 0.5) is 0 Å². The highest BCUT2D eigenvalue weighted by Crippen LogP contribution is 2.06. The van der Waals surface area contributed by atoms with Crippen LogP contribution in [0.5, 0.6) is 0 Å². The molecule has 1 aromatic carbocycles. The molecule has 0 aliphatic heterocycles. The molecule has 4 heteroatoms. The van der Waals surface area contributed by atoms with E-state index >= 15 is 0 Å². The Hall–Kier alpha value is -0.940. The highest BCUT2D eigenvalue weighted by Gasteiger charge is 1.96. The van der Waals surface area contributed by atoms with Gasteiger partial charge in [-0.25, -0.2) is 4.84 Å². The Kier molecular flexibility index (Phi) is 3.85. The molecule has 0 aliphatic carbocycles. The lowest BCUT2D eigenvalue weighted by Crippen LogP contribution is -2.13. The third-order valence-corrected chi connectivity index (χ3v) is 1.78. The Balaban J connectivity index is 2.49. The summed E-state index contributed by atoms with van der Waals surface area (Å²) in [4.78, 5) is 4.45. The van der Waals surface area contributed by atoms with E-state index in [1.165, 1.54) is 5.56 Å². The summed E-state index contributed by atoms with van der Waals surface area (Å²) >= 11 is 0. The van der Waals surface area contributed by atoms with Crippen LogP contribution in [0, 0.1) is 0 Å². The zero-order chi connectivity index (χ0) is 9.68. The van der Waals surface area contributed by atoms with Crippen molar-refractivity contribution < 1.29 is 15.3 Å². The van der Waals surface area contributed by atoms with Crippen LogP contribution < -0.4 is 0 Å². The summed E-state index contributed by atoms with van der Waals surface area (Å²) in [5.41, 5.74) is 2.14. The van der Waals surface area contributed by atoms with Gasteiger partial charge in [0.1, 0.15) is 0 Å². The molecule has 0 aliphatic rings. The largest absolute Gasteiger partial charge is 0.266 e. The maximum atomic E-state index is 8.28. The third-order valence-electron chi connectivity index (χ3n) is 1.78. The fraction of sp³-hybridized carbons (Fsp3) is 0.333. The van der Waals surface area contributed by atoms with Crippen LogP contribution in [-0.2, 0) is 17.9 Å². The topological polar surface area (TPSA) is 52.9 Å². The van der Waals surface area contributed by atoms with E-state index in [4.69, 9.17) is 10.4 Å². The summed E-state index contributed by atoms with van der Waals surface area (Å²) in [7, 11) is 0. The maximum Gasteiger partial charge on any atom is 0.0987 e. The van der Waals surface area contributed by atoms with E-state index in [2.05, 4.69) is 11.8 Å². The molecule has 0 amide bonds. The molecule has 0 bridgehead atoms. The van der Waals surface area contributed by atoms with Crippen molar-refractivity contribution >= 4 is 0 Å². The second kappa shape index (κ2) is 4.94. The second-order valence-electron chi connectivity index (χ2n) is 2.70. The van der Waals surface area contributed by atoms with Gasteiger partial charge >= 0.3 is 0 Å². The standard InChI is InChI=1S/C9H13NO3/c1-2-8-3-5-9(6-4-8)7-13-10(11)12/h3-6,11-12H,2,7H2,1H3. The van der Waals surface area contributed by atoms with Crippen molar-refractivity contribution in [2.45, 2.75) is 20.0 Å². The molecule has 2 N–H and O–H groups in total. The smallest absolute Gasteiger partial charge is 0.0987 e. The SMILES string of the molecule is CCc1ccc(CON(O)O)cc1. The Labute approximate surface area is 76.9 Å². The average molecular weight is 183 g/mol. The van der Waals surface area contributed by atoms with Gasteiger partial charge in [0, 0.05) is 0 Å². The third kappa shape index (κ3) is 3.52. The Morgan fingerprint density at radius 2 is 1.69 bits per heavy atom. The number of benzene rings is 1. The number of hydrogen-bond acceptors (Lipinski definition) is 4. The lowest BCUT2D eigenvalue weighted by Gasteiger charge is -2.06. The second-order valence-corrected chi connectivity index (χ2v) is 2.70. The van der Waals surface area contributed by atoms with Crippen molar-refractivity contribution in [1.82, 2.24) is 5.39 Å². The summed E-state index contributed by atoms with van der Waals surface area (Å²) in [5, 5.41) is 16.3. The molecule has 1 aromatic rings. The predicted octanol–water partition coefficient (Wildman–Crippen LogP) is 1.76. The van der Waals surface area contributed by atoms with Gasteiger partial charge in [-0.3, -0.25) is 10.4 Å². The monoisotopic (exact) mass is 183 g/mol. The van der Waals surface area contributed by atoms with Gasteiger partial charge in [-0.2, -0.15) is 0 Å². The average Bonchev–Trinajstić information content (AvgIpc) is 2.15. The highest BCUT2D eigenvalue weighted by atomic mass is 17.1. The normalized spacial score (nSPS) is 10.8. The molecule has 1 rings (SSSR count). The van der Waals surface area contributed by atoms with Gasteiger partial charge in [-0.05, 0) is 17.5 Å². The Bertz CT molecular complexity index is 246. The zero-order valence-electron chi connectivity index (χ0n) is 7.47. The van der Waals surface area contributed by atoms with Crippen molar-refractivity contribution in [3.8, 4) is 0 Å². The summed E-state index contributed by atoms with van der Waals surface area (Å²) in [6.45, 7) is 2.23. The molecule has 0 atom stereocenters. The predicted molar refractivity (Wildman–Crippen MR) is 46.0 cm³/mol. The molecule has 0 spiro atoms. The summed E-state index contributed by atoms with van der Waals surface area (Å²) in [6.07, 6.45) is 0.993. The Morgan fingerprint density at radius 1 is 1.15 bits per heavy atom. The summed E-state index contributed by atoms with van der Waals surface area (Å²) in [5.74, 6) is 0. The fourth-order valence-electron chi connectivity index (χ4n) is 1.00. The Morgan fingerprint density at radius 3 is 2.15 bits per heavy atom. The first kappa shape index (κ1) is 10.1. The van der Waals surface area contributed by atoms with Gasteiger partial charge in [0.15, 0.2) is 0 Å². The maximum absolute atomic E-state index is 8.28. The van der Waals surface area contributed by atoms with E-state index in [1.807, 2.05) is 24.3 Å². The molecule has 72 valence electrons. The van der Waals surface area contributed by atoms with Crippen molar-refractivity contribution in [2.24, 2.45) is 0 Å². The molecular formula is C9H13NO3. The number of nitrogens with zero attached hydrogens (tertiary/aromatic N) is 1. The zero-order valence-corrected chi connectivity index (χ0v) is 7.47. The van der Waals surface area contributed by atoms with Gasteiger partial charge in [0.2, 0.25) is 0 Å². The number of aryl methyl sites for hydroxylation is 1. The van der Waals surface area contributed by atoms with Crippen LogP contribution in [0.25, 0.3) is 0 Å². The van der Waals surface area contributed by atoms with Crippen LogP contribution >= 0.6 is 0 Å². The van der Waals surface area contributed by atoms with Gasteiger partial charge in [-0.15, -0.1) is 0 Å². The van der Waals surface area contributed by atoms with Crippen LogP contribution in [0.1, 0.15) is 18.1 Å². The van der Waals surface area contributed by atoms with E-state index < -0.39 is 0 Å². The molecular weight excluding hydrogens is 170 g/mol. The van der Waals surface area contributed by atoms with E-state index in [0.29, 0.717) is 0 Å². The van der Waals surface area contributed by atoms with E-state index in [1.54, 1.807) is 0 Å². The highest BCUT2D eigenvalue weighted by molar-refractivity contribution is 5.21. The van der Waals surface area contributed by atoms with E-state index in [-0.39, 0.29) is 12.0 Å². The van der Waals surface area contributed by atoms with Crippen LogP contribution in [0.3, 0.4) is 0 Å². The molecule has 0 radical (unpaired) electrons. The van der Waals surface area contributed by atoms with Crippen LogP contribution in [-0.4, -0.2) is 15.8 Å². The minimum Gasteiger partial charge on any atom is -0.266 e. The molecule has 0 aromatic heterocycles. The van der Waals surface area contributed by atoms with Gasteiger partial charge < -0.3 is 0 Å². The molecule has 0 fully saturated rings. The van der Waals surface area contributed by atoms with E-state index in [9.17, 15) is 0 Å². The van der Waals surface area contributed by atoms with Crippen molar-refractivity contribution in [3.05, 3.63) is 35.4 Å². The fourth-order valence-corrected chi connectivity index (χ4v) is 1.00. The molecule has 0 unspecified atom stereocenters. The molecule has 0 heterocycles. The van der Waals surface area contributed by atoms with Crippen LogP contribution in [0.2, 0.25) is 0 Å². The van der Waals surface area contributed by atoms with Crippen molar-refractivity contribution in [2.75, 3.05) is 0 Å². The first-order valence-corrected chi connectivity index (χ1v) is 4.11. The van der Waals surface area contributed by atoms with Gasteiger partial charge in [-0.1, -0.05) is 31.2 Å². The van der Waals surface area contributed by atoms with Crippen LogP contribution in [0.15, 0.2) is 24.3 Å². The minimum absolute atomic E-state index is 0.150. The number of hydrogen-bond donors (Lipinski definition) is 2. The summed E-state index contributed by atoms with van der Waals surface area (Å²) in [6, 6.07) is 7.75.